The Labute approximate surface area is 257 Å². The summed E-state index contributed by atoms with van der Waals surface area (Å²) in [4.78, 5) is 20.7. The molecule has 23 heteroatoms. The Morgan fingerprint density at radius 1 is 0.795 bits per heavy atom. The maximum Gasteiger partial charge on any atom is 0.386 e. The molecule has 0 amide bonds. The average Bonchev–Trinajstić information content (AvgIpc) is 3.73. The zero-order chi connectivity index (χ0) is 31.0. The van der Waals surface area contributed by atoms with Crippen LogP contribution >= 0.6 is 38.1 Å². The van der Waals surface area contributed by atoms with Crippen molar-refractivity contribution < 1.29 is 46.9 Å². The third-order valence-electron chi connectivity index (χ3n) is 7.36. The number of nitrogens with two attached hydrogens (primary N) is 2. The molecule has 0 spiro atoms. The lowest BCUT2D eigenvalue weighted by Gasteiger charge is -2.28. The van der Waals surface area contributed by atoms with Crippen LogP contribution in [0.5, 0.6) is 0 Å². The molecule has 10 atom stereocenters. The molecule has 4 aromatic heterocycles. The van der Waals surface area contributed by atoms with Gasteiger partial charge in [0.15, 0.2) is 29.6 Å². The summed E-state index contributed by atoms with van der Waals surface area (Å²) >= 11 is 8.17. The van der Waals surface area contributed by atoms with E-state index in [0.29, 0.717) is 16.9 Å². The largest absolute Gasteiger partial charge is 0.397 e. The van der Waals surface area contributed by atoms with E-state index in [4.69, 9.17) is 39.0 Å². The highest BCUT2D eigenvalue weighted by atomic mass is 32.7. The fourth-order valence-corrected chi connectivity index (χ4v) is 8.31. The Kier molecular flexibility index (Phi) is 7.67. The number of nitrogen functional groups attached to an aromatic ring is 2. The number of ether oxygens (including phenoxy) is 2. The first-order chi connectivity index (χ1) is 20.9. The maximum atomic E-state index is 13.4. The molecular formula is C21H25N9O10P2S2. The minimum Gasteiger partial charge on any atom is -0.397 e. The van der Waals surface area contributed by atoms with E-state index in [-0.39, 0.29) is 17.0 Å². The van der Waals surface area contributed by atoms with Gasteiger partial charge in [0.05, 0.1) is 31.6 Å². The van der Waals surface area contributed by atoms with Gasteiger partial charge in [-0.25, -0.2) is 34.0 Å². The smallest absolute Gasteiger partial charge is 0.386 e. The van der Waals surface area contributed by atoms with Gasteiger partial charge in [-0.2, -0.15) is 0 Å². The minimum atomic E-state index is -4.26. The third kappa shape index (κ3) is 5.29. The van der Waals surface area contributed by atoms with Gasteiger partial charge in [0.1, 0.15) is 54.0 Å². The van der Waals surface area contributed by atoms with Gasteiger partial charge in [-0.15, -0.1) is 0 Å². The zero-order valence-electron chi connectivity index (χ0n) is 22.2. The maximum absolute atomic E-state index is 13.4. The van der Waals surface area contributed by atoms with Crippen LogP contribution in [0.1, 0.15) is 12.5 Å². The lowest BCUT2D eigenvalue weighted by molar-refractivity contribution is -0.0561. The SMILES string of the molecule is Nc1ccnc2c1ncn2[C@@H]1O[C@@H]2CO[P@](=O)(S)O[C@@H]3C(O)[C@H](n4cnc5c(N)ncnc54)O[C@@H]3CO[P@](=O)(S)O[C@@H]2C1O. The minimum absolute atomic E-state index is 0.104. The monoisotopic (exact) mass is 689 g/mol. The Bertz CT molecular complexity index is 1700. The number of aliphatic hydroxyl groups is 2. The second kappa shape index (κ2) is 11.1. The Balaban J connectivity index is 1.17. The van der Waals surface area contributed by atoms with E-state index in [1.807, 2.05) is 0 Å². The molecule has 0 radical (unpaired) electrons. The van der Waals surface area contributed by atoms with Crippen LogP contribution in [-0.2, 0) is 36.7 Å². The molecule has 44 heavy (non-hydrogen) atoms. The predicted octanol–water partition coefficient (Wildman–Crippen LogP) is 0.845. The van der Waals surface area contributed by atoms with E-state index in [1.54, 1.807) is 6.07 Å². The van der Waals surface area contributed by atoms with Gasteiger partial charge < -0.3 is 31.2 Å². The fraction of sp³-hybridized carbons (Fsp3) is 0.476. The first-order valence-electron chi connectivity index (χ1n) is 12.9. The highest BCUT2D eigenvalue weighted by Gasteiger charge is 2.53. The third-order valence-corrected chi connectivity index (χ3v) is 10.6. The summed E-state index contributed by atoms with van der Waals surface area (Å²) in [5.41, 5.74) is 13.4. The quantitative estimate of drug-likeness (QED) is 0.126. The normalized spacial score (nSPS) is 38.3. The van der Waals surface area contributed by atoms with Crippen molar-refractivity contribution in [3.8, 4) is 0 Å². The van der Waals surface area contributed by atoms with E-state index in [9.17, 15) is 19.3 Å². The van der Waals surface area contributed by atoms with Gasteiger partial charge in [-0.1, -0.05) is 24.5 Å². The van der Waals surface area contributed by atoms with Gasteiger partial charge in [0.25, 0.3) is 0 Å². The second-order valence-corrected chi connectivity index (χ2v) is 15.8. The molecule has 6 N–H and O–H groups in total. The average molecular weight is 690 g/mol. The molecule has 3 saturated heterocycles. The van der Waals surface area contributed by atoms with Crippen molar-refractivity contribution in [3.05, 3.63) is 31.2 Å². The van der Waals surface area contributed by atoms with Crippen molar-refractivity contribution >= 4 is 71.9 Å². The number of hydrogen-bond donors (Lipinski definition) is 6. The van der Waals surface area contributed by atoms with E-state index >= 15 is 0 Å². The van der Waals surface area contributed by atoms with Crippen LogP contribution in [0.25, 0.3) is 22.3 Å². The van der Waals surface area contributed by atoms with Crippen molar-refractivity contribution in [2.75, 3.05) is 24.7 Å². The number of nitrogens with zero attached hydrogens (tertiary/aromatic N) is 7. The lowest BCUT2D eigenvalue weighted by atomic mass is 10.1. The molecule has 4 aromatic rings. The standard InChI is InChI=1S/C21H25N9O10P2S2/c22-8-1-2-24-18-11(8)27-6-29(18)20-13(31)15-9(37-20)3-35-42(34,44)40-16-10(4-36-41(33,43)39-15)38-21(14(16)32)30-7-28-12-17(23)25-5-26-19(12)30/h1-2,5-7,9-10,13-16,20-21,31-32H,3-4H2,(H2,22,24)(H,33,43)(H,34,44)(H2,23,25,26)/t9-,10-,13?,14?,15+,16+,20-,21-,41+,42+/m1/s1. The fourth-order valence-electron chi connectivity index (χ4n) is 5.33. The molecule has 7 rings (SSSR count). The van der Waals surface area contributed by atoms with Crippen LogP contribution < -0.4 is 11.5 Å². The van der Waals surface area contributed by atoms with Crippen LogP contribution in [0.4, 0.5) is 11.5 Å². The Hall–Kier alpha value is -2.39. The van der Waals surface area contributed by atoms with Crippen molar-refractivity contribution in [3.63, 3.8) is 0 Å². The van der Waals surface area contributed by atoms with E-state index in [2.05, 4.69) is 49.4 Å². The topological polar surface area (TPSA) is 256 Å². The molecule has 0 saturated carbocycles. The van der Waals surface area contributed by atoms with Crippen LogP contribution in [-0.4, -0.2) is 94.1 Å². The number of thiol groups is 2. The summed E-state index contributed by atoms with van der Waals surface area (Å²) in [6, 6.07) is 1.56. The van der Waals surface area contributed by atoms with E-state index < -0.39 is 75.9 Å². The number of aromatic nitrogens is 7. The number of fused-ring (bicyclic) bond motifs is 4. The molecule has 236 valence electrons. The number of aliphatic hydroxyl groups excluding tert-OH is 2. The van der Waals surface area contributed by atoms with Gasteiger partial charge >= 0.3 is 13.6 Å². The number of imidazole rings is 2. The lowest BCUT2D eigenvalue weighted by Crippen LogP contribution is -2.38. The molecule has 0 aromatic carbocycles. The summed E-state index contributed by atoms with van der Waals surface area (Å²) in [5.74, 6) is 0.104. The van der Waals surface area contributed by atoms with Gasteiger partial charge in [0.2, 0.25) is 0 Å². The number of anilines is 2. The van der Waals surface area contributed by atoms with Crippen LogP contribution in [0.3, 0.4) is 0 Å². The molecule has 0 bridgehead atoms. The van der Waals surface area contributed by atoms with Crippen LogP contribution in [0.2, 0.25) is 0 Å². The summed E-state index contributed by atoms with van der Waals surface area (Å²) in [7, 11) is 0. The first-order valence-corrected chi connectivity index (χ1v) is 18.3. The summed E-state index contributed by atoms with van der Waals surface area (Å²) in [6.07, 6.45) is -5.10. The van der Waals surface area contributed by atoms with Crippen molar-refractivity contribution in [1.82, 2.24) is 34.1 Å². The molecule has 7 heterocycles. The highest BCUT2D eigenvalue weighted by molar-refractivity contribution is 8.44. The van der Waals surface area contributed by atoms with Gasteiger partial charge in [-0.05, 0) is 6.07 Å². The van der Waals surface area contributed by atoms with Crippen LogP contribution in [0.15, 0.2) is 31.2 Å². The number of hydrogen-bond acceptors (Lipinski definition) is 17. The molecule has 3 aliphatic heterocycles. The molecule has 2 unspecified atom stereocenters. The molecule has 0 aliphatic carbocycles. The van der Waals surface area contributed by atoms with E-state index in [0.717, 1.165) is 0 Å². The van der Waals surface area contributed by atoms with Gasteiger partial charge in [-0.3, -0.25) is 27.2 Å². The van der Waals surface area contributed by atoms with E-state index in [1.165, 1.54) is 34.3 Å². The second-order valence-electron chi connectivity index (χ2n) is 10.1. The highest BCUT2D eigenvalue weighted by Crippen LogP contribution is 2.60. The summed E-state index contributed by atoms with van der Waals surface area (Å²) in [6.45, 7) is -9.55. The Morgan fingerprint density at radius 2 is 1.32 bits per heavy atom. The first kappa shape index (κ1) is 30.3. The molecule has 3 aliphatic rings. The summed E-state index contributed by atoms with van der Waals surface area (Å²) in [5, 5.41) is 22.5. The van der Waals surface area contributed by atoms with Gasteiger partial charge in [0, 0.05) is 6.20 Å². The Morgan fingerprint density at radius 3 is 1.89 bits per heavy atom. The molecule has 19 nitrogen and oxygen atoms in total. The number of pyridine rings is 1. The van der Waals surface area contributed by atoms with Crippen molar-refractivity contribution in [2.45, 2.75) is 49.1 Å². The van der Waals surface area contributed by atoms with Crippen LogP contribution in [0, 0.1) is 0 Å². The molecular weight excluding hydrogens is 664 g/mol. The summed E-state index contributed by atoms with van der Waals surface area (Å²) < 4.78 is 64.0. The number of rotatable bonds is 2. The zero-order valence-corrected chi connectivity index (χ0v) is 25.7. The van der Waals surface area contributed by atoms with Crippen molar-refractivity contribution in [1.29, 1.82) is 0 Å². The van der Waals surface area contributed by atoms with Crippen molar-refractivity contribution in [2.24, 2.45) is 0 Å². The predicted molar refractivity (Wildman–Crippen MR) is 156 cm³/mol. The molecule has 3 fully saturated rings.